The molecule has 106 valence electrons. The van der Waals surface area contributed by atoms with E-state index in [9.17, 15) is 4.79 Å². The number of nitrogens with one attached hydrogen (secondary N) is 1. The van der Waals surface area contributed by atoms with Crippen molar-refractivity contribution in [1.82, 2.24) is 15.5 Å². The van der Waals surface area contributed by atoms with Crippen LogP contribution >= 0.6 is 0 Å². The molecule has 1 aromatic carbocycles. The van der Waals surface area contributed by atoms with E-state index in [1.807, 2.05) is 24.3 Å². The molecule has 1 amide bonds. The topological polar surface area (TPSA) is 77.2 Å². The Morgan fingerprint density at radius 2 is 2.05 bits per heavy atom. The molecule has 2 rings (SSSR count). The smallest absolute Gasteiger partial charge is 0.224 e. The summed E-state index contributed by atoms with van der Waals surface area (Å²) < 4.78 is 10.3. The van der Waals surface area contributed by atoms with E-state index in [1.165, 1.54) is 0 Å². The van der Waals surface area contributed by atoms with E-state index < -0.39 is 0 Å². The van der Waals surface area contributed by atoms with Crippen molar-refractivity contribution >= 4 is 5.91 Å². The lowest BCUT2D eigenvalue weighted by Crippen LogP contribution is -2.27. The largest absolute Gasteiger partial charge is 0.497 e. The number of hydrogen-bond acceptors (Lipinski definition) is 5. The van der Waals surface area contributed by atoms with Gasteiger partial charge in [-0.1, -0.05) is 12.1 Å². The Morgan fingerprint density at radius 3 is 2.65 bits per heavy atom. The maximum absolute atomic E-state index is 11.8. The highest BCUT2D eigenvalue weighted by molar-refractivity contribution is 5.78. The molecule has 0 aliphatic carbocycles. The van der Waals surface area contributed by atoms with Gasteiger partial charge in [0.05, 0.1) is 13.5 Å². The Bertz CT molecular complexity index is 563. The Kier molecular flexibility index (Phi) is 4.70. The van der Waals surface area contributed by atoms with E-state index in [0.29, 0.717) is 31.2 Å². The molecule has 0 spiro atoms. The molecule has 0 radical (unpaired) electrons. The van der Waals surface area contributed by atoms with Crippen molar-refractivity contribution in [2.24, 2.45) is 0 Å². The van der Waals surface area contributed by atoms with Crippen molar-refractivity contribution < 1.29 is 13.9 Å². The highest BCUT2D eigenvalue weighted by atomic mass is 16.5. The predicted octanol–water partition coefficient (Wildman–Crippen LogP) is 1.29. The second kappa shape index (κ2) is 6.70. The number of amides is 1. The van der Waals surface area contributed by atoms with Gasteiger partial charge in [0.25, 0.3) is 0 Å². The van der Waals surface area contributed by atoms with Crippen LogP contribution in [0.5, 0.6) is 5.75 Å². The van der Waals surface area contributed by atoms with Crippen LogP contribution in [0.4, 0.5) is 0 Å². The molecule has 0 atom stereocenters. The lowest BCUT2D eigenvalue weighted by molar-refractivity contribution is -0.120. The van der Waals surface area contributed by atoms with Crippen molar-refractivity contribution in [1.29, 1.82) is 0 Å². The number of hydrogen-bond donors (Lipinski definition) is 1. The third-order valence-electron chi connectivity index (χ3n) is 2.75. The first-order valence-corrected chi connectivity index (χ1v) is 6.36. The number of aryl methyl sites for hydroxylation is 1. The summed E-state index contributed by atoms with van der Waals surface area (Å²) in [6.45, 7) is 2.22. The molecule has 6 heteroatoms. The first kappa shape index (κ1) is 14.0. The monoisotopic (exact) mass is 275 g/mol. The van der Waals surface area contributed by atoms with Gasteiger partial charge < -0.3 is 14.5 Å². The van der Waals surface area contributed by atoms with Crippen LogP contribution in [0, 0.1) is 6.92 Å². The van der Waals surface area contributed by atoms with Gasteiger partial charge in [0, 0.05) is 19.9 Å². The highest BCUT2D eigenvalue weighted by Gasteiger charge is 2.05. The number of carbonyl (C=O) groups excluding carboxylic acids is 1. The van der Waals surface area contributed by atoms with E-state index in [2.05, 4.69) is 15.5 Å². The molecular weight excluding hydrogens is 258 g/mol. The molecule has 0 aliphatic heterocycles. The summed E-state index contributed by atoms with van der Waals surface area (Å²) in [7, 11) is 1.61. The summed E-state index contributed by atoms with van der Waals surface area (Å²) in [6, 6.07) is 7.42. The molecule has 0 saturated carbocycles. The molecule has 1 aromatic heterocycles. The van der Waals surface area contributed by atoms with E-state index in [-0.39, 0.29) is 5.91 Å². The van der Waals surface area contributed by atoms with Crippen molar-refractivity contribution in [3.63, 3.8) is 0 Å². The van der Waals surface area contributed by atoms with Crippen LogP contribution in [-0.4, -0.2) is 29.8 Å². The molecule has 2 aromatic rings. The number of aromatic nitrogens is 2. The Hall–Kier alpha value is -2.37. The van der Waals surface area contributed by atoms with E-state index >= 15 is 0 Å². The molecule has 0 fully saturated rings. The van der Waals surface area contributed by atoms with Gasteiger partial charge in [0.2, 0.25) is 17.7 Å². The lowest BCUT2D eigenvalue weighted by Gasteiger charge is -2.05. The zero-order valence-corrected chi connectivity index (χ0v) is 11.5. The molecule has 20 heavy (non-hydrogen) atoms. The zero-order valence-electron chi connectivity index (χ0n) is 11.5. The molecule has 0 bridgehead atoms. The maximum atomic E-state index is 11.8. The predicted molar refractivity (Wildman–Crippen MR) is 72.4 cm³/mol. The molecule has 1 N–H and O–H groups in total. The van der Waals surface area contributed by atoms with Crippen molar-refractivity contribution in [2.45, 2.75) is 19.8 Å². The average Bonchev–Trinajstić information content (AvgIpc) is 2.85. The van der Waals surface area contributed by atoms with Crippen LogP contribution in [0.1, 0.15) is 17.3 Å². The molecule has 0 aliphatic rings. The third-order valence-corrected chi connectivity index (χ3v) is 2.75. The maximum Gasteiger partial charge on any atom is 0.224 e. The molecular formula is C14H17N3O3. The molecule has 0 unspecified atom stereocenters. The fraction of sp³-hybridized carbons (Fsp3) is 0.357. The summed E-state index contributed by atoms with van der Waals surface area (Å²) in [6.07, 6.45) is 0.877. The minimum Gasteiger partial charge on any atom is -0.497 e. The number of carbonyl (C=O) groups is 1. The lowest BCUT2D eigenvalue weighted by atomic mass is 10.1. The quantitative estimate of drug-likeness (QED) is 0.859. The summed E-state index contributed by atoms with van der Waals surface area (Å²) >= 11 is 0. The first-order valence-electron chi connectivity index (χ1n) is 6.36. The standard InChI is InChI=1S/C14H17N3O3/c1-10-16-17-14(20-10)7-8-15-13(18)9-11-3-5-12(19-2)6-4-11/h3-6H,7-9H2,1-2H3,(H,15,18). The van der Waals surface area contributed by atoms with Crippen LogP contribution in [0.25, 0.3) is 0 Å². The number of benzene rings is 1. The number of methoxy groups -OCH3 is 1. The normalized spacial score (nSPS) is 10.3. The van der Waals surface area contributed by atoms with E-state index in [1.54, 1.807) is 14.0 Å². The average molecular weight is 275 g/mol. The van der Waals surface area contributed by atoms with E-state index in [0.717, 1.165) is 11.3 Å². The van der Waals surface area contributed by atoms with Gasteiger partial charge in [0.1, 0.15) is 5.75 Å². The third kappa shape index (κ3) is 4.08. The van der Waals surface area contributed by atoms with Crippen LogP contribution in [0.2, 0.25) is 0 Å². The zero-order chi connectivity index (χ0) is 14.4. The highest BCUT2D eigenvalue weighted by Crippen LogP contribution is 2.11. The Balaban J connectivity index is 1.74. The molecule has 1 heterocycles. The number of nitrogens with zero attached hydrogens (tertiary/aromatic N) is 2. The van der Waals surface area contributed by atoms with Crippen LogP contribution in [-0.2, 0) is 17.6 Å². The van der Waals surface area contributed by atoms with Gasteiger partial charge in [-0.15, -0.1) is 10.2 Å². The minimum absolute atomic E-state index is 0.0357. The summed E-state index contributed by atoms with van der Waals surface area (Å²) in [5, 5.41) is 10.4. The van der Waals surface area contributed by atoms with Gasteiger partial charge in [-0.2, -0.15) is 0 Å². The molecule has 6 nitrogen and oxygen atoms in total. The van der Waals surface area contributed by atoms with Crippen molar-refractivity contribution in [3.8, 4) is 5.75 Å². The summed E-state index contributed by atoms with van der Waals surface area (Å²) in [4.78, 5) is 11.8. The fourth-order valence-corrected chi connectivity index (χ4v) is 1.74. The van der Waals surface area contributed by atoms with Gasteiger partial charge >= 0.3 is 0 Å². The van der Waals surface area contributed by atoms with Crippen LogP contribution in [0.15, 0.2) is 28.7 Å². The van der Waals surface area contributed by atoms with Crippen molar-refractivity contribution in [3.05, 3.63) is 41.6 Å². The summed E-state index contributed by atoms with van der Waals surface area (Å²) in [5.41, 5.74) is 0.942. The Labute approximate surface area is 117 Å². The second-order valence-corrected chi connectivity index (χ2v) is 4.34. The Morgan fingerprint density at radius 1 is 1.30 bits per heavy atom. The van der Waals surface area contributed by atoms with E-state index in [4.69, 9.17) is 9.15 Å². The number of ether oxygens (including phenoxy) is 1. The summed E-state index contributed by atoms with van der Waals surface area (Å²) in [5.74, 6) is 1.81. The minimum atomic E-state index is -0.0357. The van der Waals surface area contributed by atoms with Crippen LogP contribution in [0.3, 0.4) is 0 Å². The van der Waals surface area contributed by atoms with Gasteiger partial charge in [-0.05, 0) is 17.7 Å². The van der Waals surface area contributed by atoms with Gasteiger partial charge in [-0.3, -0.25) is 4.79 Å². The fourth-order valence-electron chi connectivity index (χ4n) is 1.74. The van der Waals surface area contributed by atoms with Gasteiger partial charge in [-0.25, -0.2) is 0 Å². The van der Waals surface area contributed by atoms with Crippen LogP contribution < -0.4 is 10.1 Å². The van der Waals surface area contributed by atoms with Crippen molar-refractivity contribution in [2.75, 3.05) is 13.7 Å². The SMILES string of the molecule is COc1ccc(CC(=O)NCCc2nnc(C)o2)cc1. The molecule has 0 saturated heterocycles. The second-order valence-electron chi connectivity index (χ2n) is 4.34. The number of rotatable bonds is 6. The van der Waals surface area contributed by atoms with Gasteiger partial charge in [0.15, 0.2) is 0 Å². The first-order chi connectivity index (χ1) is 9.67.